The minimum Gasteiger partial charge on any atom is -0.744 e. The van der Waals surface area contributed by atoms with Gasteiger partial charge in [0.05, 0.1) is 32.4 Å². The molecule has 4 aromatic carbocycles. The quantitative estimate of drug-likeness (QED) is 0.0382. The Morgan fingerprint density at radius 1 is 0.816 bits per heavy atom. The van der Waals surface area contributed by atoms with Gasteiger partial charge in [0.15, 0.2) is 0 Å². The van der Waals surface area contributed by atoms with Gasteiger partial charge in [0.1, 0.15) is 20.2 Å². The molecule has 0 atom stereocenters. The van der Waals surface area contributed by atoms with Crippen molar-refractivity contribution in [2.45, 2.75) is 35.5 Å². The van der Waals surface area contributed by atoms with E-state index < -0.39 is 57.5 Å². The fourth-order valence-corrected chi connectivity index (χ4v) is 6.79. The molecule has 0 aliphatic rings. The standard InChI is InChI=1S/C27H23N3O13S3.3Na/c1-13-9-14(2)25(29-26(31)16-5-4-6-17(10-16)30(33)34)15(3)23(13)27(32)28-20-7-8-21(45(36,37)38)19-11-18(44-43-42-35)12-22(24(19)20)46(39,40)41;;;/h4-12,35H,1-3H3,(H,28,32)(H,29,31)(H,36,37,38)(H,39,40,41);;;/q;3*+1/p-3. The van der Waals surface area contributed by atoms with E-state index in [0.717, 1.165) is 30.3 Å². The summed E-state index contributed by atoms with van der Waals surface area (Å²) in [5.74, 6) is -1.59. The predicted molar refractivity (Wildman–Crippen MR) is 158 cm³/mol. The van der Waals surface area contributed by atoms with E-state index in [-0.39, 0.29) is 139 Å². The fourth-order valence-electron chi connectivity index (χ4n) is 4.87. The van der Waals surface area contributed by atoms with Crippen LogP contribution in [0.5, 0.6) is 0 Å². The molecule has 0 saturated heterocycles. The average molecular weight is 760 g/mol. The van der Waals surface area contributed by atoms with Crippen molar-refractivity contribution in [1.82, 2.24) is 0 Å². The van der Waals surface area contributed by atoms with Crippen molar-refractivity contribution in [2.75, 3.05) is 10.6 Å². The van der Waals surface area contributed by atoms with Crippen LogP contribution >= 0.6 is 12.0 Å². The Morgan fingerprint density at radius 3 is 2.02 bits per heavy atom. The number of non-ortho nitro benzene ring substituents is 1. The molecular formula is C27H20N3Na3O13S3. The summed E-state index contributed by atoms with van der Waals surface area (Å²) in [4.78, 5) is 34.9. The van der Waals surface area contributed by atoms with Crippen LogP contribution in [0.4, 0.5) is 17.1 Å². The maximum Gasteiger partial charge on any atom is 1.00 e. The number of hydrogen-bond donors (Lipinski definition) is 2. The second-order valence-corrected chi connectivity index (χ2v) is 13.2. The van der Waals surface area contributed by atoms with Gasteiger partial charge in [0, 0.05) is 44.6 Å². The van der Waals surface area contributed by atoms with Crippen molar-refractivity contribution in [3.8, 4) is 0 Å². The van der Waals surface area contributed by atoms with Crippen LogP contribution in [0.1, 0.15) is 37.4 Å². The summed E-state index contributed by atoms with van der Waals surface area (Å²) in [5.41, 5.74) is 0.621. The van der Waals surface area contributed by atoms with Crippen molar-refractivity contribution >= 4 is 71.9 Å². The monoisotopic (exact) mass is 759 g/mol. The topological polar surface area (TPSA) is 257 Å². The minimum absolute atomic E-state index is 0. The third-order valence-electron chi connectivity index (χ3n) is 6.71. The van der Waals surface area contributed by atoms with E-state index in [1.807, 2.05) is 0 Å². The molecule has 0 aliphatic carbocycles. The molecule has 2 N–H and O–H groups in total. The molecule has 0 saturated carbocycles. The Balaban J connectivity index is 0.00000400. The first kappa shape index (κ1) is 45.6. The number of carbonyl (C=O) groups is 2. The Morgan fingerprint density at radius 2 is 1.45 bits per heavy atom. The van der Waals surface area contributed by atoms with Crippen molar-refractivity contribution in [3.05, 3.63) is 92.5 Å². The molecule has 0 unspecified atom stereocenters. The van der Waals surface area contributed by atoms with Crippen molar-refractivity contribution in [2.24, 2.45) is 0 Å². The maximum atomic E-state index is 13.7. The average Bonchev–Trinajstić information content (AvgIpc) is 2.96. The number of carbonyl (C=O) groups excluding carboxylic acids is 2. The van der Waals surface area contributed by atoms with Crippen molar-refractivity contribution in [3.63, 3.8) is 0 Å². The number of fused-ring (bicyclic) bond motifs is 1. The van der Waals surface area contributed by atoms with Crippen molar-refractivity contribution in [1.29, 1.82) is 0 Å². The molecule has 4 aromatic rings. The summed E-state index contributed by atoms with van der Waals surface area (Å²) in [7, 11) is -10.7. The number of hydrogen-bond acceptors (Lipinski definition) is 14. The van der Waals surface area contributed by atoms with Crippen LogP contribution in [-0.4, -0.2) is 42.7 Å². The minimum atomic E-state index is -5.41. The zero-order valence-electron chi connectivity index (χ0n) is 26.7. The zero-order valence-corrected chi connectivity index (χ0v) is 35.1. The normalized spacial score (nSPS) is 11.1. The molecule has 0 aromatic heterocycles. The van der Waals surface area contributed by atoms with E-state index in [9.17, 15) is 50.9 Å². The number of benzene rings is 4. The fraction of sp³-hybridized carbons (Fsp3) is 0.111. The molecular weight excluding hydrogens is 739 g/mol. The van der Waals surface area contributed by atoms with E-state index in [4.69, 9.17) is 0 Å². The molecule has 0 bridgehead atoms. The number of amides is 2. The summed E-state index contributed by atoms with van der Waals surface area (Å²) in [5, 5.41) is 28.5. The summed E-state index contributed by atoms with van der Waals surface area (Å²) < 4.78 is 77.1. The summed E-state index contributed by atoms with van der Waals surface area (Å²) in [6, 6.07) is 9.92. The Hall–Kier alpha value is -1.47. The van der Waals surface area contributed by atoms with Crippen LogP contribution in [0.3, 0.4) is 0 Å². The molecule has 0 fully saturated rings. The van der Waals surface area contributed by atoms with Gasteiger partial charge in [-0.1, -0.05) is 12.1 Å². The first-order chi connectivity index (χ1) is 21.4. The molecule has 22 heteroatoms. The summed E-state index contributed by atoms with van der Waals surface area (Å²) >= 11 is 0.124. The van der Waals surface area contributed by atoms with E-state index in [0.29, 0.717) is 11.1 Å². The number of anilines is 2. The van der Waals surface area contributed by atoms with Gasteiger partial charge in [-0.25, -0.2) is 16.8 Å². The van der Waals surface area contributed by atoms with Gasteiger partial charge in [0.2, 0.25) is 0 Å². The summed E-state index contributed by atoms with van der Waals surface area (Å²) in [6.07, 6.45) is 0. The molecule has 0 heterocycles. The van der Waals surface area contributed by atoms with Gasteiger partial charge in [-0.15, -0.1) is 0 Å². The summed E-state index contributed by atoms with van der Waals surface area (Å²) in [6.45, 7) is 4.71. The van der Waals surface area contributed by atoms with Gasteiger partial charge in [0.25, 0.3) is 17.5 Å². The number of nitrogens with zero attached hydrogens (tertiary/aromatic N) is 1. The molecule has 4 rings (SSSR count). The van der Waals surface area contributed by atoms with Crippen LogP contribution in [0.25, 0.3) is 10.8 Å². The van der Waals surface area contributed by atoms with Gasteiger partial charge in [-0.2, -0.15) is 4.33 Å². The van der Waals surface area contributed by atoms with Crippen LogP contribution in [0.2, 0.25) is 0 Å². The largest absolute Gasteiger partial charge is 1.00 e. The number of nitrogens with one attached hydrogen (secondary N) is 2. The number of aryl methyl sites for hydroxylation is 2. The van der Waals surface area contributed by atoms with Gasteiger partial charge in [-0.05, 0) is 67.8 Å². The van der Waals surface area contributed by atoms with Crippen LogP contribution in [0, 0.1) is 30.9 Å². The smallest absolute Gasteiger partial charge is 0.744 e. The van der Waals surface area contributed by atoms with Crippen LogP contribution in [0.15, 0.2) is 69.3 Å². The van der Waals surface area contributed by atoms with Crippen LogP contribution < -0.4 is 105 Å². The maximum absolute atomic E-state index is 13.7. The molecule has 242 valence electrons. The van der Waals surface area contributed by atoms with Crippen LogP contribution in [-0.2, 0) is 29.6 Å². The number of nitro groups is 1. The third kappa shape index (κ3) is 10.5. The molecule has 0 radical (unpaired) electrons. The molecule has 2 amide bonds. The Labute approximate surface area is 350 Å². The second-order valence-electron chi connectivity index (χ2n) is 9.68. The SMILES string of the molecule is Cc1cc(C)c(C(=O)Nc2ccc(S(=O)(=O)[O-])c3cc(SOO[O-])cc(S(=O)(=O)[O-])c23)c(C)c1NC(=O)c1cccc([N+](=O)[O-])c1.[Na+].[Na+].[Na+]. The third-order valence-corrected chi connectivity index (χ3v) is 9.02. The van der Waals surface area contributed by atoms with E-state index in [1.54, 1.807) is 19.9 Å². The van der Waals surface area contributed by atoms with E-state index in [1.165, 1.54) is 25.1 Å². The molecule has 0 aliphatic heterocycles. The first-order valence-electron chi connectivity index (χ1n) is 12.6. The second kappa shape index (κ2) is 18.3. The van der Waals surface area contributed by atoms with Gasteiger partial charge < -0.3 is 25.0 Å². The first-order valence-corrected chi connectivity index (χ1v) is 16.1. The Kier molecular flexibility index (Phi) is 17.0. The zero-order chi connectivity index (χ0) is 34.1. The van der Waals surface area contributed by atoms with Gasteiger partial charge in [-0.3, -0.25) is 24.7 Å². The molecule has 16 nitrogen and oxygen atoms in total. The van der Waals surface area contributed by atoms with E-state index in [2.05, 4.69) is 20.0 Å². The molecule has 0 spiro atoms. The Bertz CT molecular complexity index is 2170. The van der Waals surface area contributed by atoms with E-state index >= 15 is 0 Å². The number of rotatable bonds is 10. The number of nitro benzene ring substituents is 1. The predicted octanol–water partition coefficient (Wildman–Crippen LogP) is -5.77. The van der Waals surface area contributed by atoms with Crippen molar-refractivity contribution < 1.29 is 144 Å². The molecule has 49 heavy (non-hydrogen) atoms. The van der Waals surface area contributed by atoms with Gasteiger partial charge >= 0.3 is 88.7 Å².